The van der Waals surface area contributed by atoms with E-state index in [0.717, 1.165) is 0 Å². The summed E-state index contributed by atoms with van der Waals surface area (Å²) in [5.74, 6) is 0. The standard InChI is InChI=1S/C11H13BrN2O3/c1-11(15)6-13(7-11)5-8-2-3-9(12)4-10(8)14(16)17/h2-4,15H,5-7H2,1H3. The molecule has 1 aliphatic heterocycles. The summed E-state index contributed by atoms with van der Waals surface area (Å²) < 4.78 is 0.698. The van der Waals surface area contributed by atoms with E-state index in [0.29, 0.717) is 29.7 Å². The van der Waals surface area contributed by atoms with Crippen LogP contribution in [0.1, 0.15) is 12.5 Å². The molecular weight excluding hydrogens is 288 g/mol. The summed E-state index contributed by atoms with van der Waals surface area (Å²) in [5.41, 5.74) is 0.143. The zero-order chi connectivity index (χ0) is 12.6. The Morgan fingerprint density at radius 3 is 2.76 bits per heavy atom. The molecule has 92 valence electrons. The van der Waals surface area contributed by atoms with Crippen LogP contribution in [0.2, 0.25) is 0 Å². The number of nitro benzene ring substituents is 1. The lowest BCUT2D eigenvalue weighted by Gasteiger charge is -2.44. The van der Waals surface area contributed by atoms with Gasteiger partial charge in [-0.05, 0) is 19.1 Å². The van der Waals surface area contributed by atoms with Crippen molar-refractivity contribution in [1.82, 2.24) is 4.90 Å². The quantitative estimate of drug-likeness (QED) is 0.684. The van der Waals surface area contributed by atoms with Crippen LogP contribution in [-0.4, -0.2) is 33.6 Å². The van der Waals surface area contributed by atoms with E-state index in [9.17, 15) is 15.2 Å². The third-order valence-electron chi connectivity index (χ3n) is 2.77. The maximum absolute atomic E-state index is 10.9. The van der Waals surface area contributed by atoms with Gasteiger partial charge in [-0.1, -0.05) is 15.9 Å². The number of nitro groups is 1. The fourth-order valence-corrected chi connectivity index (χ4v) is 2.46. The fraction of sp³-hybridized carbons (Fsp3) is 0.455. The van der Waals surface area contributed by atoms with Crippen molar-refractivity contribution < 1.29 is 10.0 Å². The summed E-state index contributed by atoms with van der Waals surface area (Å²) in [5, 5.41) is 20.5. The molecule has 1 N–H and O–H groups in total. The lowest BCUT2D eigenvalue weighted by atomic mass is 9.96. The number of aliphatic hydroxyl groups is 1. The molecule has 0 unspecified atom stereocenters. The molecule has 1 heterocycles. The Bertz CT molecular complexity index is 454. The first-order chi connectivity index (χ1) is 7.87. The van der Waals surface area contributed by atoms with Crippen molar-refractivity contribution in [1.29, 1.82) is 0 Å². The van der Waals surface area contributed by atoms with E-state index in [1.54, 1.807) is 19.1 Å². The van der Waals surface area contributed by atoms with Gasteiger partial charge < -0.3 is 5.11 Å². The Balaban J connectivity index is 2.13. The molecule has 0 atom stereocenters. The van der Waals surface area contributed by atoms with Crippen molar-refractivity contribution >= 4 is 21.6 Å². The highest BCUT2D eigenvalue weighted by Crippen LogP contribution is 2.28. The number of hydrogen-bond acceptors (Lipinski definition) is 4. The molecule has 0 saturated carbocycles. The summed E-state index contributed by atoms with van der Waals surface area (Å²) >= 11 is 3.22. The molecule has 1 fully saturated rings. The van der Waals surface area contributed by atoms with Gasteiger partial charge in [-0.3, -0.25) is 15.0 Å². The predicted molar refractivity (Wildman–Crippen MR) is 66.7 cm³/mol. The highest BCUT2D eigenvalue weighted by molar-refractivity contribution is 9.10. The van der Waals surface area contributed by atoms with E-state index in [1.807, 2.05) is 4.90 Å². The summed E-state index contributed by atoms with van der Waals surface area (Å²) in [6, 6.07) is 5.04. The van der Waals surface area contributed by atoms with Gasteiger partial charge in [0.2, 0.25) is 0 Å². The molecule has 1 saturated heterocycles. The Morgan fingerprint density at radius 1 is 1.59 bits per heavy atom. The lowest BCUT2D eigenvalue weighted by molar-refractivity contribution is -0.385. The van der Waals surface area contributed by atoms with Crippen molar-refractivity contribution in [3.63, 3.8) is 0 Å². The molecule has 0 amide bonds. The molecule has 0 bridgehead atoms. The van der Waals surface area contributed by atoms with E-state index >= 15 is 0 Å². The topological polar surface area (TPSA) is 66.6 Å². The van der Waals surface area contributed by atoms with Crippen molar-refractivity contribution in [2.75, 3.05) is 13.1 Å². The third kappa shape index (κ3) is 2.83. The fourth-order valence-electron chi connectivity index (χ4n) is 2.11. The lowest BCUT2D eigenvalue weighted by Crippen LogP contribution is -2.59. The summed E-state index contributed by atoms with van der Waals surface area (Å²) in [7, 11) is 0. The van der Waals surface area contributed by atoms with Crippen LogP contribution >= 0.6 is 15.9 Å². The van der Waals surface area contributed by atoms with Crippen LogP contribution in [0.15, 0.2) is 22.7 Å². The maximum Gasteiger partial charge on any atom is 0.275 e. The highest BCUT2D eigenvalue weighted by atomic mass is 79.9. The SMILES string of the molecule is CC1(O)CN(Cc2ccc(Br)cc2[N+](=O)[O-])C1. The monoisotopic (exact) mass is 300 g/mol. The maximum atomic E-state index is 10.9. The second-order valence-electron chi connectivity index (χ2n) is 4.67. The molecule has 0 radical (unpaired) electrons. The second-order valence-corrected chi connectivity index (χ2v) is 5.59. The van der Waals surface area contributed by atoms with Crippen LogP contribution in [-0.2, 0) is 6.54 Å². The minimum Gasteiger partial charge on any atom is -0.388 e. The van der Waals surface area contributed by atoms with Gasteiger partial charge in [0, 0.05) is 35.7 Å². The first kappa shape index (κ1) is 12.5. The van der Waals surface area contributed by atoms with Crippen LogP contribution < -0.4 is 0 Å². The minimum atomic E-state index is -0.649. The van der Waals surface area contributed by atoms with Gasteiger partial charge in [0.1, 0.15) is 0 Å². The number of benzene rings is 1. The number of rotatable bonds is 3. The van der Waals surface area contributed by atoms with Gasteiger partial charge in [-0.2, -0.15) is 0 Å². The second kappa shape index (κ2) is 4.36. The smallest absolute Gasteiger partial charge is 0.275 e. The van der Waals surface area contributed by atoms with Gasteiger partial charge >= 0.3 is 0 Å². The Labute approximate surface area is 107 Å². The normalized spacial score (nSPS) is 18.8. The molecule has 17 heavy (non-hydrogen) atoms. The summed E-state index contributed by atoms with van der Waals surface area (Å²) in [6.07, 6.45) is 0. The van der Waals surface area contributed by atoms with E-state index < -0.39 is 5.60 Å². The predicted octanol–water partition coefficient (Wildman–Crippen LogP) is 1.92. The van der Waals surface area contributed by atoms with Crippen LogP contribution in [0.4, 0.5) is 5.69 Å². The molecule has 5 nitrogen and oxygen atoms in total. The molecule has 1 aromatic carbocycles. The summed E-state index contributed by atoms with van der Waals surface area (Å²) in [6.45, 7) is 3.37. The average molecular weight is 301 g/mol. The van der Waals surface area contributed by atoms with E-state index in [-0.39, 0.29) is 10.6 Å². The largest absolute Gasteiger partial charge is 0.388 e. The summed E-state index contributed by atoms with van der Waals surface area (Å²) in [4.78, 5) is 12.5. The van der Waals surface area contributed by atoms with Crippen LogP contribution in [0.3, 0.4) is 0 Å². The Hall–Kier alpha value is -0.980. The average Bonchev–Trinajstić information content (AvgIpc) is 2.17. The molecule has 0 aliphatic carbocycles. The van der Waals surface area contributed by atoms with Gasteiger partial charge in [-0.15, -0.1) is 0 Å². The van der Waals surface area contributed by atoms with Crippen LogP contribution in [0.25, 0.3) is 0 Å². The molecule has 2 rings (SSSR count). The van der Waals surface area contributed by atoms with Gasteiger partial charge in [0.25, 0.3) is 5.69 Å². The zero-order valence-corrected chi connectivity index (χ0v) is 11.0. The third-order valence-corrected chi connectivity index (χ3v) is 3.26. The van der Waals surface area contributed by atoms with E-state index in [4.69, 9.17) is 0 Å². The molecular formula is C11H13BrN2O3. The van der Waals surface area contributed by atoms with Crippen LogP contribution in [0.5, 0.6) is 0 Å². The first-order valence-corrected chi connectivity index (χ1v) is 6.04. The Kier molecular flexibility index (Phi) is 3.20. The molecule has 0 aromatic heterocycles. The van der Waals surface area contributed by atoms with Gasteiger partial charge in [-0.25, -0.2) is 0 Å². The van der Waals surface area contributed by atoms with Crippen molar-refractivity contribution in [3.05, 3.63) is 38.3 Å². The van der Waals surface area contributed by atoms with E-state index in [2.05, 4.69) is 15.9 Å². The highest BCUT2D eigenvalue weighted by Gasteiger charge is 2.36. The van der Waals surface area contributed by atoms with Crippen molar-refractivity contribution in [2.45, 2.75) is 19.1 Å². The van der Waals surface area contributed by atoms with Crippen molar-refractivity contribution in [2.24, 2.45) is 0 Å². The number of halogens is 1. The molecule has 1 aliphatic rings. The molecule has 0 spiro atoms. The number of hydrogen-bond donors (Lipinski definition) is 1. The van der Waals surface area contributed by atoms with Gasteiger partial charge in [0.15, 0.2) is 0 Å². The Morgan fingerprint density at radius 2 is 2.24 bits per heavy atom. The number of nitrogens with zero attached hydrogens (tertiary/aromatic N) is 2. The zero-order valence-electron chi connectivity index (χ0n) is 9.39. The number of likely N-dealkylation sites (tertiary alicyclic amines) is 1. The molecule has 6 heteroatoms. The minimum absolute atomic E-state index is 0.117. The van der Waals surface area contributed by atoms with Crippen LogP contribution in [0, 0.1) is 10.1 Å². The van der Waals surface area contributed by atoms with Gasteiger partial charge in [0.05, 0.1) is 10.5 Å². The van der Waals surface area contributed by atoms with E-state index in [1.165, 1.54) is 6.07 Å². The molecule has 1 aromatic rings. The van der Waals surface area contributed by atoms with Crippen molar-refractivity contribution in [3.8, 4) is 0 Å². The number of β-amino-alcohol motifs (C(OH)–C–C–N with tert-alkyl or cyclic N) is 1. The first-order valence-electron chi connectivity index (χ1n) is 5.25.